The van der Waals surface area contributed by atoms with E-state index in [1.807, 2.05) is 0 Å². The number of nitrogens with zero attached hydrogens (tertiary/aromatic N) is 1. The Bertz CT molecular complexity index is 230. The van der Waals surface area contributed by atoms with Gasteiger partial charge in [-0.25, -0.2) is 0 Å². The molecule has 1 heterocycles. The molecule has 2 N–H and O–H groups in total. The number of aliphatic hydroxyl groups is 2. The number of allylic oxidation sites excluding steroid dienone is 1. The summed E-state index contributed by atoms with van der Waals surface area (Å²) in [6.07, 6.45) is 2.97. The van der Waals surface area contributed by atoms with E-state index in [9.17, 15) is 9.90 Å². The molecule has 0 aromatic heterocycles. The van der Waals surface area contributed by atoms with E-state index in [-0.39, 0.29) is 18.3 Å². The maximum atomic E-state index is 10.7. The number of piperidine rings is 1. The van der Waals surface area contributed by atoms with Gasteiger partial charge in [0, 0.05) is 25.8 Å². The molecule has 80 valence electrons. The quantitative estimate of drug-likeness (QED) is 0.518. The number of carbonyl (C=O) groups excluding carboxylic acids is 1. The molecule has 0 aromatic carbocycles. The molecular formula is C10H17NO3. The van der Waals surface area contributed by atoms with Gasteiger partial charge >= 0.3 is 0 Å². The van der Waals surface area contributed by atoms with Crippen molar-refractivity contribution in [2.75, 3.05) is 19.7 Å². The van der Waals surface area contributed by atoms with Crippen LogP contribution in [0.15, 0.2) is 12.0 Å². The molecule has 14 heavy (non-hydrogen) atoms. The molecule has 0 amide bonds. The maximum Gasteiger partial charge on any atom is 0.190 e. The molecule has 0 atom stereocenters. The van der Waals surface area contributed by atoms with Gasteiger partial charge in [-0.15, -0.1) is 0 Å². The topological polar surface area (TPSA) is 60.8 Å². The molecule has 4 heteroatoms. The lowest BCUT2D eigenvalue weighted by atomic mass is 9.98. The summed E-state index contributed by atoms with van der Waals surface area (Å²) in [5.41, 5.74) is 0. The third kappa shape index (κ3) is 3.03. The van der Waals surface area contributed by atoms with Gasteiger partial charge in [-0.05, 0) is 25.7 Å². The van der Waals surface area contributed by atoms with Crippen molar-refractivity contribution >= 4 is 5.78 Å². The van der Waals surface area contributed by atoms with E-state index in [0.29, 0.717) is 19.0 Å². The molecule has 1 saturated heterocycles. The highest BCUT2D eigenvalue weighted by Crippen LogP contribution is 2.18. The van der Waals surface area contributed by atoms with Gasteiger partial charge in [0.15, 0.2) is 11.7 Å². The molecule has 1 aliphatic rings. The van der Waals surface area contributed by atoms with Crippen molar-refractivity contribution in [1.29, 1.82) is 0 Å². The van der Waals surface area contributed by atoms with Gasteiger partial charge in [0.05, 0.1) is 0 Å². The molecule has 0 radical (unpaired) electrons. The van der Waals surface area contributed by atoms with Gasteiger partial charge in [0.1, 0.15) is 0 Å². The van der Waals surface area contributed by atoms with Gasteiger partial charge in [0.25, 0.3) is 0 Å². The molecule has 0 aliphatic carbocycles. The van der Waals surface area contributed by atoms with E-state index in [0.717, 1.165) is 12.8 Å². The second-order valence-electron chi connectivity index (χ2n) is 3.73. The van der Waals surface area contributed by atoms with Gasteiger partial charge in [-0.2, -0.15) is 0 Å². The Hall–Kier alpha value is -1.03. The monoisotopic (exact) mass is 199 g/mol. The van der Waals surface area contributed by atoms with Crippen LogP contribution in [-0.2, 0) is 4.79 Å². The van der Waals surface area contributed by atoms with Crippen LogP contribution in [0.5, 0.6) is 0 Å². The Labute approximate surface area is 83.8 Å². The molecule has 0 spiro atoms. The third-order valence-electron chi connectivity index (χ3n) is 2.53. The number of likely N-dealkylation sites (tertiary alicyclic amines) is 1. The minimum atomic E-state index is -0.146. The number of rotatable bonds is 3. The smallest absolute Gasteiger partial charge is 0.190 e. The minimum absolute atomic E-state index is 0.0499. The normalized spacial score (nSPS) is 19.9. The lowest BCUT2D eigenvalue weighted by Gasteiger charge is -2.31. The van der Waals surface area contributed by atoms with Gasteiger partial charge < -0.3 is 15.1 Å². The third-order valence-corrected chi connectivity index (χ3v) is 2.53. The van der Waals surface area contributed by atoms with Crippen molar-refractivity contribution in [3.63, 3.8) is 0 Å². The van der Waals surface area contributed by atoms with Crippen molar-refractivity contribution in [3.05, 3.63) is 12.0 Å². The van der Waals surface area contributed by atoms with E-state index in [1.54, 1.807) is 4.90 Å². The van der Waals surface area contributed by atoms with E-state index in [2.05, 4.69) is 0 Å². The lowest BCUT2D eigenvalue weighted by Crippen LogP contribution is -2.34. The predicted octanol–water partition coefficient (Wildman–Crippen LogP) is 0.679. The van der Waals surface area contributed by atoms with Gasteiger partial charge in [0.2, 0.25) is 0 Å². The first-order valence-electron chi connectivity index (χ1n) is 4.90. The Kier molecular flexibility index (Phi) is 3.95. The Morgan fingerprint density at radius 1 is 1.50 bits per heavy atom. The summed E-state index contributed by atoms with van der Waals surface area (Å²) in [7, 11) is 0. The average molecular weight is 199 g/mol. The summed E-state index contributed by atoms with van der Waals surface area (Å²) >= 11 is 0. The molecule has 4 nitrogen and oxygen atoms in total. The fraction of sp³-hybridized carbons (Fsp3) is 0.700. The van der Waals surface area contributed by atoms with Crippen LogP contribution in [0.3, 0.4) is 0 Å². The van der Waals surface area contributed by atoms with Crippen LogP contribution in [0.25, 0.3) is 0 Å². The van der Waals surface area contributed by atoms with Gasteiger partial charge in [-0.1, -0.05) is 0 Å². The fourth-order valence-corrected chi connectivity index (χ4v) is 1.62. The first-order valence-corrected chi connectivity index (χ1v) is 4.90. The van der Waals surface area contributed by atoms with Crippen LogP contribution >= 0.6 is 0 Å². The van der Waals surface area contributed by atoms with Crippen molar-refractivity contribution in [1.82, 2.24) is 4.90 Å². The van der Waals surface area contributed by atoms with Crippen LogP contribution in [0.4, 0.5) is 0 Å². The lowest BCUT2D eigenvalue weighted by molar-refractivity contribution is -0.112. The highest BCUT2D eigenvalue weighted by atomic mass is 16.3. The zero-order valence-electron chi connectivity index (χ0n) is 8.44. The van der Waals surface area contributed by atoms with Gasteiger partial charge in [-0.3, -0.25) is 4.79 Å². The molecule has 1 fully saturated rings. The molecule has 0 bridgehead atoms. The summed E-state index contributed by atoms with van der Waals surface area (Å²) < 4.78 is 0. The summed E-state index contributed by atoms with van der Waals surface area (Å²) in [6, 6.07) is 0. The highest BCUT2D eigenvalue weighted by molar-refractivity contribution is 5.87. The van der Waals surface area contributed by atoms with E-state index >= 15 is 0 Å². The molecule has 1 aliphatic heterocycles. The van der Waals surface area contributed by atoms with Crippen LogP contribution in [0.1, 0.15) is 19.8 Å². The number of ketones is 1. The second kappa shape index (κ2) is 5.00. The summed E-state index contributed by atoms with van der Waals surface area (Å²) in [5, 5.41) is 18.4. The Balaban J connectivity index is 2.45. The molecule has 1 rings (SSSR count). The molecular weight excluding hydrogens is 182 g/mol. The molecule has 0 saturated carbocycles. The second-order valence-corrected chi connectivity index (χ2v) is 3.73. The van der Waals surface area contributed by atoms with Crippen molar-refractivity contribution < 1.29 is 15.0 Å². The zero-order chi connectivity index (χ0) is 10.6. The number of carbonyl (C=O) groups is 1. The number of hydrogen-bond donors (Lipinski definition) is 2. The van der Waals surface area contributed by atoms with Crippen LogP contribution < -0.4 is 0 Å². The Morgan fingerprint density at radius 3 is 2.50 bits per heavy atom. The van der Waals surface area contributed by atoms with E-state index in [1.165, 1.54) is 13.0 Å². The largest absolute Gasteiger partial charge is 0.495 e. The summed E-state index contributed by atoms with van der Waals surface area (Å²) in [5.74, 6) is 0.247. The molecule has 0 unspecified atom stereocenters. The first kappa shape index (κ1) is 11.0. The average Bonchev–Trinajstić information content (AvgIpc) is 2.17. The highest BCUT2D eigenvalue weighted by Gasteiger charge is 2.19. The summed E-state index contributed by atoms with van der Waals surface area (Å²) in [4.78, 5) is 12.5. The van der Waals surface area contributed by atoms with Crippen LogP contribution in [0, 0.1) is 5.92 Å². The summed E-state index contributed by atoms with van der Waals surface area (Å²) in [6.45, 7) is 3.05. The van der Waals surface area contributed by atoms with Crippen molar-refractivity contribution in [2.45, 2.75) is 19.8 Å². The van der Waals surface area contributed by atoms with E-state index < -0.39 is 0 Å². The predicted molar refractivity (Wildman–Crippen MR) is 52.8 cm³/mol. The van der Waals surface area contributed by atoms with Crippen molar-refractivity contribution in [2.24, 2.45) is 5.92 Å². The van der Waals surface area contributed by atoms with Crippen LogP contribution in [0.2, 0.25) is 0 Å². The Morgan fingerprint density at radius 2 is 2.07 bits per heavy atom. The van der Waals surface area contributed by atoms with Crippen LogP contribution in [-0.4, -0.2) is 40.6 Å². The fourth-order valence-electron chi connectivity index (χ4n) is 1.62. The van der Waals surface area contributed by atoms with E-state index in [4.69, 9.17) is 5.11 Å². The SMILES string of the molecule is CC(=O)/C=C(\O)N1CCC(CO)CC1. The number of aliphatic hydroxyl groups excluding tert-OH is 2. The molecule has 0 aromatic rings. The minimum Gasteiger partial charge on any atom is -0.495 e. The van der Waals surface area contributed by atoms with Crippen molar-refractivity contribution in [3.8, 4) is 0 Å². The standard InChI is InChI=1S/C10H17NO3/c1-8(13)6-10(14)11-4-2-9(7-12)3-5-11/h6,9,12,14H,2-5,7H2,1H3/b10-6-. The number of hydrogen-bond acceptors (Lipinski definition) is 4. The maximum absolute atomic E-state index is 10.7. The zero-order valence-corrected chi connectivity index (χ0v) is 8.44. The first-order chi connectivity index (χ1) is 6.63.